The Hall–Kier alpha value is -3.53. The van der Waals surface area contributed by atoms with E-state index in [4.69, 9.17) is 9.47 Å². The van der Waals surface area contributed by atoms with Crippen molar-refractivity contribution in [3.8, 4) is 11.5 Å². The van der Waals surface area contributed by atoms with E-state index in [1.807, 2.05) is 24.3 Å². The molecule has 0 fully saturated rings. The number of nitrogens with one attached hydrogen (secondary N) is 1. The number of carbonyl (C=O) groups is 1. The zero-order chi connectivity index (χ0) is 22.7. The van der Waals surface area contributed by atoms with Crippen LogP contribution in [0.15, 0.2) is 72.8 Å². The Balaban J connectivity index is 1.67. The lowest BCUT2D eigenvalue weighted by Crippen LogP contribution is -2.16. The van der Waals surface area contributed by atoms with E-state index in [1.165, 1.54) is 5.56 Å². The molecule has 1 heterocycles. The number of aryl methyl sites for hydroxylation is 1. The van der Waals surface area contributed by atoms with Crippen molar-refractivity contribution in [3.05, 3.63) is 95.1 Å². The fourth-order valence-corrected chi connectivity index (χ4v) is 3.77. The second kappa shape index (κ2) is 8.91. The predicted molar refractivity (Wildman–Crippen MR) is 129 cm³/mol. The molecule has 3 aromatic rings. The summed E-state index contributed by atoms with van der Waals surface area (Å²) in [4.78, 5) is 13.0. The Morgan fingerprint density at radius 2 is 1.59 bits per heavy atom. The van der Waals surface area contributed by atoms with Gasteiger partial charge in [0.25, 0.3) is 0 Å². The van der Waals surface area contributed by atoms with Crippen molar-refractivity contribution in [2.75, 3.05) is 18.5 Å². The van der Waals surface area contributed by atoms with E-state index in [2.05, 4.69) is 69.4 Å². The third-order valence-corrected chi connectivity index (χ3v) is 5.58. The van der Waals surface area contributed by atoms with Gasteiger partial charge in [-0.1, -0.05) is 69.3 Å². The first kappa shape index (κ1) is 21.7. The molecule has 4 rings (SSSR count). The van der Waals surface area contributed by atoms with Crippen LogP contribution in [-0.4, -0.2) is 19.1 Å². The Labute approximate surface area is 189 Å². The Bertz CT molecular complexity index is 1150. The minimum absolute atomic E-state index is 0.0701. The topological polar surface area (TPSA) is 47.6 Å². The second-order valence-corrected chi connectivity index (χ2v) is 9.05. The largest absolute Gasteiger partial charge is 0.486 e. The molecule has 0 aromatic heterocycles. The summed E-state index contributed by atoms with van der Waals surface area (Å²) >= 11 is 0. The minimum Gasteiger partial charge on any atom is -0.486 e. The number of fused-ring (bicyclic) bond motifs is 1. The van der Waals surface area contributed by atoms with Crippen LogP contribution in [0.2, 0.25) is 0 Å². The number of hydrogen-bond donors (Lipinski definition) is 1. The fraction of sp³-hybridized carbons (Fsp3) is 0.250. The van der Waals surface area contributed by atoms with E-state index in [0.29, 0.717) is 30.4 Å². The van der Waals surface area contributed by atoms with Gasteiger partial charge in [0.1, 0.15) is 13.2 Å². The minimum atomic E-state index is -0.195. The third kappa shape index (κ3) is 4.86. The molecular weight excluding hydrogens is 398 g/mol. The standard InChI is InChI=1S/C28H29NO3/c1-19-7-5-6-8-23(19)24(20-9-11-21(12-10-20)28(2,3)4)18-27(30)29-22-13-14-25-26(17-22)32-16-15-31-25/h5-14,17-18H,15-16H2,1-4H3,(H,29,30)/b24-18-. The lowest BCUT2D eigenvalue weighted by molar-refractivity contribution is -0.111. The van der Waals surface area contributed by atoms with Gasteiger partial charge in [-0.3, -0.25) is 4.79 Å². The van der Waals surface area contributed by atoms with E-state index >= 15 is 0 Å². The van der Waals surface area contributed by atoms with Crippen LogP contribution in [0.25, 0.3) is 5.57 Å². The fourth-order valence-electron chi connectivity index (χ4n) is 3.77. The third-order valence-electron chi connectivity index (χ3n) is 5.58. The first-order valence-electron chi connectivity index (χ1n) is 10.9. The van der Waals surface area contributed by atoms with Crippen molar-refractivity contribution >= 4 is 17.2 Å². The number of anilines is 1. The van der Waals surface area contributed by atoms with Gasteiger partial charge in [-0.15, -0.1) is 0 Å². The van der Waals surface area contributed by atoms with Crippen LogP contribution in [0.1, 0.15) is 43.0 Å². The van der Waals surface area contributed by atoms with Gasteiger partial charge in [0.05, 0.1) is 0 Å². The molecule has 0 atom stereocenters. The zero-order valence-electron chi connectivity index (χ0n) is 19.1. The summed E-state index contributed by atoms with van der Waals surface area (Å²) in [6, 6.07) is 22.0. The molecule has 0 aliphatic carbocycles. The molecule has 3 aromatic carbocycles. The van der Waals surface area contributed by atoms with Gasteiger partial charge in [-0.05, 0) is 52.3 Å². The van der Waals surface area contributed by atoms with E-state index in [9.17, 15) is 4.79 Å². The highest BCUT2D eigenvalue weighted by molar-refractivity contribution is 6.06. The first-order valence-corrected chi connectivity index (χ1v) is 10.9. The Morgan fingerprint density at radius 1 is 0.906 bits per heavy atom. The summed E-state index contributed by atoms with van der Waals surface area (Å²) in [5.41, 5.74) is 6.04. The smallest absolute Gasteiger partial charge is 0.249 e. The zero-order valence-corrected chi connectivity index (χ0v) is 19.1. The van der Waals surface area contributed by atoms with Gasteiger partial charge in [0.2, 0.25) is 5.91 Å². The van der Waals surface area contributed by atoms with Crippen molar-refractivity contribution < 1.29 is 14.3 Å². The quantitative estimate of drug-likeness (QED) is 0.509. The average Bonchev–Trinajstić information content (AvgIpc) is 2.77. The van der Waals surface area contributed by atoms with E-state index in [0.717, 1.165) is 22.3 Å². The Kier molecular flexibility index (Phi) is 6.04. The number of carbonyl (C=O) groups excluding carboxylic acids is 1. The summed E-state index contributed by atoms with van der Waals surface area (Å²) in [7, 11) is 0. The normalized spacial score (nSPS) is 13.6. The monoisotopic (exact) mass is 427 g/mol. The highest BCUT2D eigenvalue weighted by Gasteiger charge is 2.16. The number of hydrogen-bond acceptors (Lipinski definition) is 3. The number of rotatable bonds is 4. The molecule has 1 N–H and O–H groups in total. The molecule has 1 aliphatic rings. The lowest BCUT2D eigenvalue weighted by Gasteiger charge is -2.20. The van der Waals surface area contributed by atoms with E-state index in [-0.39, 0.29) is 11.3 Å². The molecule has 0 unspecified atom stereocenters. The van der Waals surface area contributed by atoms with Crippen molar-refractivity contribution in [2.45, 2.75) is 33.1 Å². The number of benzene rings is 3. The predicted octanol–water partition coefficient (Wildman–Crippen LogP) is 6.13. The average molecular weight is 428 g/mol. The van der Waals surface area contributed by atoms with Crippen molar-refractivity contribution in [2.24, 2.45) is 0 Å². The maximum atomic E-state index is 13.0. The molecule has 32 heavy (non-hydrogen) atoms. The molecular formula is C28H29NO3. The molecule has 0 saturated carbocycles. The van der Waals surface area contributed by atoms with Gasteiger partial charge in [-0.25, -0.2) is 0 Å². The van der Waals surface area contributed by atoms with Crippen molar-refractivity contribution in [1.82, 2.24) is 0 Å². The summed E-state index contributed by atoms with van der Waals surface area (Å²) in [6.07, 6.45) is 1.67. The van der Waals surface area contributed by atoms with Crippen molar-refractivity contribution in [1.29, 1.82) is 0 Å². The molecule has 164 valence electrons. The van der Waals surface area contributed by atoms with Crippen LogP contribution in [0.3, 0.4) is 0 Å². The second-order valence-electron chi connectivity index (χ2n) is 9.05. The highest BCUT2D eigenvalue weighted by Crippen LogP contribution is 2.33. The van der Waals surface area contributed by atoms with Crippen molar-refractivity contribution in [3.63, 3.8) is 0 Å². The van der Waals surface area contributed by atoms with E-state index < -0.39 is 0 Å². The molecule has 4 nitrogen and oxygen atoms in total. The molecule has 0 saturated heterocycles. The van der Waals surface area contributed by atoms with Gasteiger partial charge < -0.3 is 14.8 Å². The van der Waals surface area contributed by atoms with Gasteiger partial charge in [0.15, 0.2) is 11.5 Å². The summed E-state index contributed by atoms with van der Waals surface area (Å²) in [6.45, 7) is 9.69. The van der Waals surface area contributed by atoms with Crippen LogP contribution in [-0.2, 0) is 10.2 Å². The summed E-state index contributed by atoms with van der Waals surface area (Å²) in [5.74, 6) is 1.15. The van der Waals surface area contributed by atoms with Crippen LogP contribution in [0, 0.1) is 6.92 Å². The number of ether oxygens (including phenoxy) is 2. The van der Waals surface area contributed by atoms with Crippen LogP contribution in [0.5, 0.6) is 11.5 Å². The lowest BCUT2D eigenvalue weighted by atomic mass is 9.85. The molecule has 0 radical (unpaired) electrons. The highest BCUT2D eigenvalue weighted by atomic mass is 16.6. The van der Waals surface area contributed by atoms with Gasteiger partial charge in [-0.2, -0.15) is 0 Å². The SMILES string of the molecule is Cc1ccccc1/C(=C\C(=O)Nc1ccc2c(c1)OCCO2)c1ccc(C(C)(C)C)cc1. The van der Waals surface area contributed by atoms with E-state index in [1.54, 1.807) is 12.1 Å². The van der Waals surface area contributed by atoms with Gasteiger partial charge >= 0.3 is 0 Å². The molecule has 1 aliphatic heterocycles. The number of amides is 1. The summed E-state index contributed by atoms with van der Waals surface area (Å²) in [5, 5.41) is 2.97. The van der Waals surface area contributed by atoms with Crippen LogP contribution < -0.4 is 14.8 Å². The first-order chi connectivity index (χ1) is 15.3. The molecule has 4 heteroatoms. The summed E-state index contributed by atoms with van der Waals surface area (Å²) < 4.78 is 11.2. The maximum absolute atomic E-state index is 13.0. The Morgan fingerprint density at radius 3 is 2.28 bits per heavy atom. The molecule has 1 amide bonds. The molecule has 0 spiro atoms. The maximum Gasteiger partial charge on any atom is 0.249 e. The molecule has 0 bridgehead atoms. The van der Waals surface area contributed by atoms with Gasteiger partial charge in [0, 0.05) is 17.8 Å². The van der Waals surface area contributed by atoms with Crippen LogP contribution >= 0.6 is 0 Å². The van der Waals surface area contributed by atoms with Crippen LogP contribution in [0.4, 0.5) is 5.69 Å².